The number of hydrogen-bond donors (Lipinski definition) is 1. The molecule has 0 aromatic heterocycles. The largest absolute Gasteiger partial charge is 0.287 e. The Morgan fingerprint density at radius 3 is 2.73 bits per heavy atom. The Morgan fingerprint density at radius 2 is 2.27 bits per heavy atom. The summed E-state index contributed by atoms with van der Waals surface area (Å²) in [4.78, 5) is 25.4. The molecule has 15 heavy (non-hydrogen) atoms. The topological polar surface area (TPSA) is 81.5 Å². The van der Waals surface area contributed by atoms with E-state index in [0.29, 0.717) is 0 Å². The maximum Gasteiger partial charge on any atom is 0.287 e. The average Bonchev–Trinajstić information content (AvgIpc) is 2.17. The first-order valence-electron chi connectivity index (χ1n) is 3.83. The lowest BCUT2D eigenvalue weighted by molar-refractivity contribution is -0.384. The van der Waals surface area contributed by atoms with Crippen LogP contribution in [0, 0.1) is 10.1 Å². The van der Waals surface area contributed by atoms with Crippen LogP contribution in [0.4, 0.5) is 5.69 Å². The summed E-state index contributed by atoms with van der Waals surface area (Å²) in [5.41, 5.74) is 2.01. The van der Waals surface area contributed by atoms with E-state index in [1.54, 1.807) is 0 Å². The molecule has 7 heteroatoms. The van der Waals surface area contributed by atoms with Gasteiger partial charge in [0.2, 0.25) is 0 Å². The second-order valence-electron chi connectivity index (χ2n) is 2.56. The molecule has 0 aliphatic carbocycles. The van der Waals surface area contributed by atoms with Crippen molar-refractivity contribution in [1.29, 1.82) is 0 Å². The highest BCUT2D eigenvalue weighted by atomic mass is 35.5. The van der Waals surface area contributed by atoms with Crippen molar-refractivity contribution in [2.24, 2.45) is 0 Å². The Balaban J connectivity index is 3.01. The van der Waals surface area contributed by atoms with E-state index in [1.165, 1.54) is 19.2 Å². The number of nitro benzene ring substituents is 1. The Hall–Kier alpha value is -1.66. The molecule has 6 nitrogen and oxygen atoms in total. The highest BCUT2D eigenvalue weighted by Crippen LogP contribution is 2.24. The number of halogens is 1. The molecule has 1 N–H and O–H groups in total. The molecule has 0 aliphatic rings. The Morgan fingerprint density at radius 1 is 1.60 bits per heavy atom. The van der Waals surface area contributed by atoms with E-state index in [9.17, 15) is 14.9 Å². The van der Waals surface area contributed by atoms with Gasteiger partial charge >= 0.3 is 0 Å². The van der Waals surface area contributed by atoms with Gasteiger partial charge in [-0.15, -0.1) is 0 Å². The van der Waals surface area contributed by atoms with Gasteiger partial charge in [-0.25, -0.2) is 5.48 Å². The van der Waals surface area contributed by atoms with Gasteiger partial charge in [0.15, 0.2) is 0 Å². The monoisotopic (exact) mass is 230 g/mol. The number of benzene rings is 1. The van der Waals surface area contributed by atoms with Crippen LogP contribution in [0.3, 0.4) is 0 Å². The molecule has 0 saturated heterocycles. The summed E-state index contributed by atoms with van der Waals surface area (Å²) < 4.78 is 0. The Labute approximate surface area is 89.9 Å². The van der Waals surface area contributed by atoms with Crippen molar-refractivity contribution in [1.82, 2.24) is 5.48 Å². The number of rotatable bonds is 3. The number of nitro groups is 1. The predicted molar refractivity (Wildman–Crippen MR) is 52.6 cm³/mol. The number of nitrogens with one attached hydrogen (secondary N) is 1. The number of nitrogens with zero attached hydrogens (tertiary/aromatic N) is 1. The number of hydroxylamine groups is 1. The summed E-state index contributed by atoms with van der Waals surface area (Å²) in [6, 6.07) is 3.65. The minimum atomic E-state index is -0.625. The summed E-state index contributed by atoms with van der Waals surface area (Å²) in [5, 5.41) is 10.3. The molecule has 1 rings (SSSR count). The fourth-order valence-electron chi connectivity index (χ4n) is 0.948. The van der Waals surface area contributed by atoms with E-state index < -0.39 is 10.8 Å². The van der Waals surface area contributed by atoms with Crippen LogP contribution in [0.25, 0.3) is 0 Å². The third kappa shape index (κ3) is 2.64. The molecule has 1 amide bonds. The summed E-state index contributed by atoms with van der Waals surface area (Å²) in [6.07, 6.45) is 0. The molecule has 0 unspecified atom stereocenters. The van der Waals surface area contributed by atoms with Gasteiger partial charge in [0.1, 0.15) is 5.02 Å². The van der Waals surface area contributed by atoms with E-state index in [4.69, 9.17) is 11.6 Å². The zero-order chi connectivity index (χ0) is 11.4. The van der Waals surface area contributed by atoms with Gasteiger partial charge in [0.25, 0.3) is 11.6 Å². The van der Waals surface area contributed by atoms with Gasteiger partial charge in [0, 0.05) is 11.6 Å². The molecule has 0 atom stereocenters. The maximum absolute atomic E-state index is 11.2. The number of amides is 1. The van der Waals surface area contributed by atoms with Gasteiger partial charge in [-0.1, -0.05) is 11.6 Å². The summed E-state index contributed by atoms with van der Waals surface area (Å²) in [5.74, 6) is -0.519. The Kier molecular flexibility index (Phi) is 3.59. The van der Waals surface area contributed by atoms with Crippen LogP contribution in [0.1, 0.15) is 10.4 Å². The second-order valence-corrected chi connectivity index (χ2v) is 2.97. The van der Waals surface area contributed by atoms with Crippen LogP contribution < -0.4 is 5.48 Å². The molecule has 1 aromatic rings. The molecular weight excluding hydrogens is 224 g/mol. The molecule has 1 aromatic carbocycles. The lowest BCUT2D eigenvalue weighted by Crippen LogP contribution is -2.21. The predicted octanol–water partition coefficient (Wildman–Crippen LogP) is 1.54. The van der Waals surface area contributed by atoms with Crippen LogP contribution >= 0.6 is 11.6 Å². The first kappa shape index (κ1) is 11.4. The van der Waals surface area contributed by atoms with Crippen molar-refractivity contribution in [2.45, 2.75) is 0 Å². The first-order chi connectivity index (χ1) is 7.06. The number of hydrogen-bond acceptors (Lipinski definition) is 4. The molecule has 0 fully saturated rings. The maximum atomic E-state index is 11.2. The van der Waals surface area contributed by atoms with Crippen LogP contribution in [0.2, 0.25) is 5.02 Å². The fraction of sp³-hybridized carbons (Fsp3) is 0.125. The SMILES string of the molecule is CONC(=O)c1ccc([N+](=O)[O-])c(Cl)c1. The summed E-state index contributed by atoms with van der Waals surface area (Å²) >= 11 is 5.61. The van der Waals surface area contributed by atoms with Gasteiger partial charge in [-0.2, -0.15) is 0 Å². The Bertz CT molecular complexity index is 408. The van der Waals surface area contributed by atoms with Crippen LogP contribution in [0.15, 0.2) is 18.2 Å². The molecule has 0 aliphatic heterocycles. The lowest BCUT2D eigenvalue weighted by Gasteiger charge is -2.02. The van der Waals surface area contributed by atoms with E-state index >= 15 is 0 Å². The third-order valence-electron chi connectivity index (χ3n) is 1.60. The molecule has 0 bridgehead atoms. The van der Waals surface area contributed by atoms with E-state index in [1.807, 2.05) is 0 Å². The molecular formula is C8H7ClN2O4. The second kappa shape index (κ2) is 4.72. The highest BCUT2D eigenvalue weighted by Gasteiger charge is 2.14. The quantitative estimate of drug-likeness (QED) is 0.631. The standard InChI is InChI=1S/C8H7ClN2O4/c1-15-10-8(12)5-2-3-7(11(13)14)6(9)4-5/h2-4H,1H3,(H,10,12). The van der Waals surface area contributed by atoms with Gasteiger partial charge in [-0.05, 0) is 12.1 Å². The molecule has 0 radical (unpaired) electrons. The van der Waals surface area contributed by atoms with Crippen molar-refractivity contribution >= 4 is 23.2 Å². The zero-order valence-corrected chi connectivity index (χ0v) is 8.45. The highest BCUT2D eigenvalue weighted by molar-refractivity contribution is 6.33. The lowest BCUT2D eigenvalue weighted by atomic mass is 10.2. The average molecular weight is 231 g/mol. The fourth-order valence-corrected chi connectivity index (χ4v) is 1.20. The van der Waals surface area contributed by atoms with Crippen LogP contribution in [-0.4, -0.2) is 17.9 Å². The molecule has 0 spiro atoms. The van der Waals surface area contributed by atoms with Crippen molar-refractivity contribution in [3.8, 4) is 0 Å². The number of carbonyl (C=O) groups is 1. The van der Waals surface area contributed by atoms with Crippen molar-refractivity contribution in [2.75, 3.05) is 7.11 Å². The van der Waals surface area contributed by atoms with Gasteiger partial charge < -0.3 is 0 Å². The van der Waals surface area contributed by atoms with Crippen molar-refractivity contribution in [3.05, 3.63) is 38.9 Å². The van der Waals surface area contributed by atoms with Gasteiger partial charge in [-0.3, -0.25) is 19.7 Å². The van der Waals surface area contributed by atoms with Gasteiger partial charge in [0.05, 0.1) is 12.0 Å². The molecule has 0 saturated carbocycles. The number of carbonyl (C=O) groups excluding carboxylic acids is 1. The van der Waals surface area contributed by atoms with Crippen LogP contribution in [0.5, 0.6) is 0 Å². The van der Waals surface area contributed by atoms with E-state index in [-0.39, 0.29) is 16.3 Å². The van der Waals surface area contributed by atoms with E-state index in [0.717, 1.165) is 6.07 Å². The molecule has 0 heterocycles. The zero-order valence-electron chi connectivity index (χ0n) is 7.69. The summed E-state index contributed by atoms with van der Waals surface area (Å²) in [7, 11) is 1.28. The minimum Gasteiger partial charge on any atom is -0.277 e. The minimum absolute atomic E-state index is 0.0937. The van der Waals surface area contributed by atoms with Crippen molar-refractivity contribution < 1.29 is 14.6 Å². The first-order valence-corrected chi connectivity index (χ1v) is 4.21. The summed E-state index contributed by atoms with van der Waals surface area (Å²) in [6.45, 7) is 0. The van der Waals surface area contributed by atoms with Crippen LogP contribution in [-0.2, 0) is 4.84 Å². The van der Waals surface area contributed by atoms with E-state index in [2.05, 4.69) is 10.3 Å². The van der Waals surface area contributed by atoms with Crippen molar-refractivity contribution in [3.63, 3.8) is 0 Å². The third-order valence-corrected chi connectivity index (χ3v) is 1.90. The smallest absolute Gasteiger partial charge is 0.277 e. The molecule has 80 valence electrons. The normalized spacial score (nSPS) is 9.73.